The third-order valence-corrected chi connectivity index (χ3v) is 3.10. The minimum Gasteiger partial charge on any atom is -0.497 e. The van der Waals surface area contributed by atoms with Crippen molar-refractivity contribution in [1.29, 1.82) is 0 Å². The van der Waals surface area contributed by atoms with Crippen LogP contribution in [0.3, 0.4) is 0 Å². The van der Waals surface area contributed by atoms with Crippen molar-refractivity contribution in [3.63, 3.8) is 0 Å². The number of ether oxygens (including phenoxy) is 3. The lowest BCUT2D eigenvalue weighted by Gasteiger charge is -2.12. The van der Waals surface area contributed by atoms with Crippen LogP contribution in [0.2, 0.25) is 5.02 Å². The van der Waals surface area contributed by atoms with Crippen molar-refractivity contribution >= 4 is 17.5 Å². The second-order valence-electron chi connectivity index (χ2n) is 4.38. The molecule has 2 N–H and O–H groups in total. The fourth-order valence-corrected chi connectivity index (χ4v) is 2.00. The number of methoxy groups -OCH3 is 1. The van der Waals surface area contributed by atoms with E-state index in [1.165, 1.54) is 7.11 Å². The van der Waals surface area contributed by atoms with Gasteiger partial charge in [-0.1, -0.05) is 17.7 Å². The molecule has 6 heteroatoms. The molecule has 0 fully saturated rings. The Morgan fingerprint density at radius 3 is 2.55 bits per heavy atom. The maximum Gasteiger partial charge on any atom is 0.252 e. The summed E-state index contributed by atoms with van der Waals surface area (Å²) in [5.41, 5.74) is 5.61. The van der Waals surface area contributed by atoms with Crippen LogP contribution >= 0.6 is 11.6 Å². The average Bonchev–Trinajstić information content (AvgIpc) is 2.51. The summed E-state index contributed by atoms with van der Waals surface area (Å²) in [5.74, 6) is 1.03. The molecule has 0 aliphatic rings. The predicted molar refractivity (Wildman–Crippen MR) is 84.0 cm³/mol. The fourth-order valence-electron chi connectivity index (χ4n) is 1.82. The number of hydrogen-bond donors (Lipinski definition) is 1. The molecule has 0 saturated heterocycles. The summed E-state index contributed by atoms with van der Waals surface area (Å²) >= 11 is 5.87. The van der Waals surface area contributed by atoms with Crippen LogP contribution in [0, 0.1) is 0 Å². The van der Waals surface area contributed by atoms with Gasteiger partial charge in [-0.2, -0.15) is 0 Å². The van der Waals surface area contributed by atoms with Gasteiger partial charge in [0.05, 0.1) is 12.7 Å². The highest BCUT2D eigenvalue weighted by atomic mass is 35.5. The molecule has 0 aliphatic heterocycles. The maximum atomic E-state index is 11.4. The van der Waals surface area contributed by atoms with Crippen LogP contribution < -0.4 is 19.9 Å². The van der Waals surface area contributed by atoms with Crippen molar-refractivity contribution in [3.8, 4) is 17.2 Å². The van der Waals surface area contributed by atoms with Gasteiger partial charge >= 0.3 is 0 Å². The Kier molecular flexibility index (Phi) is 5.49. The van der Waals surface area contributed by atoms with E-state index < -0.39 is 5.91 Å². The van der Waals surface area contributed by atoms with Crippen molar-refractivity contribution in [2.24, 2.45) is 5.73 Å². The maximum absolute atomic E-state index is 11.4. The highest BCUT2D eigenvalue weighted by molar-refractivity contribution is 6.30. The number of halogens is 1. The number of carbonyl (C=O) groups is 1. The molecule has 0 bridgehead atoms. The molecule has 116 valence electrons. The quantitative estimate of drug-likeness (QED) is 0.796. The van der Waals surface area contributed by atoms with Crippen molar-refractivity contribution in [2.75, 3.05) is 20.3 Å². The van der Waals surface area contributed by atoms with Gasteiger partial charge in [0.15, 0.2) is 0 Å². The SMILES string of the molecule is COc1ccc(C(N)=O)c(OCCOc2cccc(Cl)c2)c1. The number of nitrogens with two attached hydrogens (primary N) is 1. The third-order valence-electron chi connectivity index (χ3n) is 2.86. The van der Waals surface area contributed by atoms with Crippen molar-refractivity contribution in [2.45, 2.75) is 0 Å². The molecule has 5 nitrogen and oxygen atoms in total. The first kappa shape index (κ1) is 16.0. The Morgan fingerprint density at radius 1 is 1.09 bits per heavy atom. The lowest BCUT2D eigenvalue weighted by atomic mass is 10.2. The Balaban J connectivity index is 1.94. The molecule has 22 heavy (non-hydrogen) atoms. The van der Waals surface area contributed by atoms with E-state index >= 15 is 0 Å². The molecule has 0 saturated carbocycles. The largest absolute Gasteiger partial charge is 0.497 e. The lowest BCUT2D eigenvalue weighted by Crippen LogP contribution is -2.15. The number of primary amides is 1. The van der Waals surface area contributed by atoms with Crippen LogP contribution in [0.5, 0.6) is 17.2 Å². The van der Waals surface area contributed by atoms with Gasteiger partial charge in [0.2, 0.25) is 0 Å². The van der Waals surface area contributed by atoms with Gasteiger partial charge in [-0.05, 0) is 30.3 Å². The zero-order valence-corrected chi connectivity index (χ0v) is 12.8. The number of benzene rings is 2. The van der Waals surface area contributed by atoms with Crippen molar-refractivity contribution < 1.29 is 19.0 Å². The van der Waals surface area contributed by atoms with Gasteiger partial charge in [0.1, 0.15) is 30.5 Å². The van der Waals surface area contributed by atoms with E-state index in [2.05, 4.69) is 0 Å². The molecule has 0 aromatic heterocycles. The van der Waals surface area contributed by atoms with Gasteiger partial charge in [-0.25, -0.2) is 0 Å². The van der Waals surface area contributed by atoms with Gasteiger partial charge in [0.25, 0.3) is 5.91 Å². The van der Waals surface area contributed by atoms with Crippen molar-refractivity contribution in [1.82, 2.24) is 0 Å². The van der Waals surface area contributed by atoms with E-state index in [9.17, 15) is 4.79 Å². The molecular formula is C16H16ClNO4. The monoisotopic (exact) mass is 321 g/mol. The predicted octanol–water partition coefficient (Wildman–Crippen LogP) is 2.91. The van der Waals surface area contributed by atoms with Crippen LogP contribution in [-0.4, -0.2) is 26.2 Å². The average molecular weight is 322 g/mol. The molecule has 0 spiro atoms. The summed E-state index contributed by atoms with van der Waals surface area (Å²) < 4.78 is 16.2. The zero-order chi connectivity index (χ0) is 15.9. The molecule has 2 aromatic carbocycles. The lowest BCUT2D eigenvalue weighted by molar-refractivity contribution is 0.0995. The molecule has 2 rings (SSSR count). The van der Waals surface area contributed by atoms with Crippen LogP contribution in [0.4, 0.5) is 0 Å². The van der Waals surface area contributed by atoms with Crippen LogP contribution in [0.25, 0.3) is 0 Å². The summed E-state index contributed by atoms with van der Waals surface area (Å²) in [6.07, 6.45) is 0. The molecule has 0 radical (unpaired) electrons. The van der Waals surface area contributed by atoms with Gasteiger partial charge < -0.3 is 19.9 Å². The van der Waals surface area contributed by atoms with Crippen molar-refractivity contribution in [3.05, 3.63) is 53.1 Å². The molecule has 0 unspecified atom stereocenters. The van der Waals surface area contributed by atoms with E-state index in [4.69, 9.17) is 31.5 Å². The molecule has 1 amide bonds. The van der Waals surface area contributed by atoms with Gasteiger partial charge in [0, 0.05) is 11.1 Å². The third kappa shape index (κ3) is 4.30. The smallest absolute Gasteiger partial charge is 0.252 e. The second-order valence-corrected chi connectivity index (χ2v) is 4.82. The summed E-state index contributed by atoms with van der Waals surface area (Å²) in [6.45, 7) is 0.551. The first-order chi connectivity index (χ1) is 10.6. The first-order valence-electron chi connectivity index (χ1n) is 6.59. The van der Waals surface area contributed by atoms with E-state index in [1.807, 2.05) is 0 Å². The summed E-state index contributed by atoms with van der Waals surface area (Å²) in [6, 6.07) is 11.9. The molecule has 0 atom stereocenters. The minimum absolute atomic E-state index is 0.250. The first-order valence-corrected chi connectivity index (χ1v) is 6.97. The summed E-state index contributed by atoms with van der Waals surface area (Å²) in [4.78, 5) is 11.4. The van der Waals surface area contributed by atoms with E-state index in [1.54, 1.807) is 42.5 Å². The number of amides is 1. The Labute approximate surface area is 133 Å². The topological polar surface area (TPSA) is 70.8 Å². The van der Waals surface area contributed by atoms with Crippen LogP contribution in [0.1, 0.15) is 10.4 Å². The van der Waals surface area contributed by atoms with E-state index in [0.29, 0.717) is 34.4 Å². The molecule has 2 aromatic rings. The van der Waals surface area contributed by atoms with Crippen LogP contribution in [0.15, 0.2) is 42.5 Å². The van der Waals surface area contributed by atoms with Gasteiger partial charge in [-0.3, -0.25) is 4.79 Å². The summed E-state index contributed by atoms with van der Waals surface area (Å²) in [5, 5.41) is 0.599. The van der Waals surface area contributed by atoms with E-state index in [-0.39, 0.29) is 6.61 Å². The highest BCUT2D eigenvalue weighted by Gasteiger charge is 2.10. The number of carbonyl (C=O) groups excluding carboxylic acids is 1. The standard InChI is InChI=1S/C16H16ClNO4/c1-20-12-5-6-14(16(18)19)15(10-12)22-8-7-21-13-4-2-3-11(17)9-13/h2-6,9-10H,7-8H2,1H3,(H2,18,19). The minimum atomic E-state index is -0.562. The normalized spacial score (nSPS) is 10.1. The summed E-state index contributed by atoms with van der Waals surface area (Å²) in [7, 11) is 1.53. The fraction of sp³-hybridized carbons (Fsp3) is 0.188. The zero-order valence-electron chi connectivity index (χ0n) is 12.0. The Hall–Kier alpha value is -2.40. The molecular weight excluding hydrogens is 306 g/mol. The van der Waals surface area contributed by atoms with Crippen LogP contribution in [-0.2, 0) is 0 Å². The second kappa shape index (κ2) is 7.56. The molecule has 0 aliphatic carbocycles. The van der Waals surface area contributed by atoms with E-state index in [0.717, 1.165) is 0 Å². The molecule has 0 heterocycles. The number of rotatable bonds is 7. The van der Waals surface area contributed by atoms with Gasteiger partial charge in [-0.15, -0.1) is 0 Å². The number of hydrogen-bond acceptors (Lipinski definition) is 4. The Morgan fingerprint density at radius 2 is 1.86 bits per heavy atom. The highest BCUT2D eigenvalue weighted by Crippen LogP contribution is 2.24. The Bertz CT molecular complexity index is 660.